The molecule has 1 atom stereocenters. The van der Waals surface area contributed by atoms with Crippen LogP contribution in [0.1, 0.15) is 18.9 Å². The number of likely N-dealkylation sites (tertiary alicyclic amines) is 1. The SMILES string of the molecule is CN1CC(n2c(N)nc3cc(Br)ccc32)CCC1=O. The van der Waals surface area contributed by atoms with Gasteiger partial charge < -0.3 is 15.2 Å². The van der Waals surface area contributed by atoms with E-state index in [1.165, 1.54) is 0 Å². The number of benzene rings is 1. The summed E-state index contributed by atoms with van der Waals surface area (Å²) in [6.07, 6.45) is 1.38. The summed E-state index contributed by atoms with van der Waals surface area (Å²) in [5.41, 5.74) is 7.95. The number of anilines is 1. The zero-order valence-electron chi connectivity index (χ0n) is 10.6. The molecular formula is C13H15BrN4O. The number of nitrogens with zero attached hydrogens (tertiary/aromatic N) is 3. The Balaban J connectivity index is 2.05. The van der Waals surface area contributed by atoms with Crippen LogP contribution in [-0.4, -0.2) is 34.0 Å². The fourth-order valence-corrected chi connectivity index (χ4v) is 3.02. The number of hydrogen-bond acceptors (Lipinski definition) is 3. The number of carbonyl (C=O) groups excluding carboxylic acids is 1. The highest BCUT2D eigenvalue weighted by Crippen LogP contribution is 2.30. The summed E-state index contributed by atoms with van der Waals surface area (Å²) in [5.74, 6) is 0.711. The summed E-state index contributed by atoms with van der Waals surface area (Å²) in [5, 5.41) is 0. The van der Waals surface area contributed by atoms with Crippen LogP contribution >= 0.6 is 15.9 Å². The van der Waals surface area contributed by atoms with E-state index in [1.807, 2.05) is 29.8 Å². The number of amides is 1. The molecule has 1 saturated heterocycles. The Kier molecular flexibility index (Phi) is 2.97. The second kappa shape index (κ2) is 4.52. The average molecular weight is 323 g/mol. The van der Waals surface area contributed by atoms with Gasteiger partial charge >= 0.3 is 0 Å². The number of halogens is 1. The highest BCUT2D eigenvalue weighted by atomic mass is 79.9. The number of rotatable bonds is 1. The van der Waals surface area contributed by atoms with Gasteiger partial charge in [-0.25, -0.2) is 4.98 Å². The summed E-state index contributed by atoms with van der Waals surface area (Å²) in [7, 11) is 1.83. The van der Waals surface area contributed by atoms with Crippen molar-refractivity contribution in [3.05, 3.63) is 22.7 Å². The molecule has 1 aromatic carbocycles. The summed E-state index contributed by atoms with van der Waals surface area (Å²) in [4.78, 5) is 17.7. The Bertz CT molecular complexity index is 651. The lowest BCUT2D eigenvalue weighted by Gasteiger charge is -2.31. The predicted octanol–water partition coefficient (Wildman–Crippen LogP) is 2.17. The van der Waals surface area contributed by atoms with E-state index in [1.54, 1.807) is 4.90 Å². The Morgan fingerprint density at radius 1 is 1.47 bits per heavy atom. The van der Waals surface area contributed by atoms with Crippen molar-refractivity contribution >= 4 is 38.8 Å². The van der Waals surface area contributed by atoms with Crippen molar-refractivity contribution < 1.29 is 4.79 Å². The average Bonchev–Trinajstić information content (AvgIpc) is 2.68. The standard InChI is InChI=1S/C13H15BrN4O/c1-17-7-9(3-5-12(17)19)18-11-4-2-8(14)6-10(11)16-13(18)15/h2,4,6,9H,3,5,7H2,1H3,(H2,15,16). The van der Waals surface area contributed by atoms with Gasteiger partial charge in [0.15, 0.2) is 0 Å². The largest absolute Gasteiger partial charge is 0.369 e. The van der Waals surface area contributed by atoms with Gasteiger partial charge in [0.05, 0.1) is 17.1 Å². The molecule has 5 nitrogen and oxygen atoms in total. The van der Waals surface area contributed by atoms with Crippen molar-refractivity contribution in [2.75, 3.05) is 19.3 Å². The molecule has 2 aromatic rings. The lowest BCUT2D eigenvalue weighted by atomic mass is 10.1. The summed E-state index contributed by atoms with van der Waals surface area (Å²) < 4.78 is 3.03. The van der Waals surface area contributed by atoms with Crippen molar-refractivity contribution in [3.63, 3.8) is 0 Å². The molecule has 0 radical (unpaired) electrons. The van der Waals surface area contributed by atoms with Crippen molar-refractivity contribution in [1.29, 1.82) is 0 Å². The minimum Gasteiger partial charge on any atom is -0.369 e. The molecule has 3 rings (SSSR count). The van der Waals surface area contributed by atoms with Crippen LogP contribution in [0.4, 0.5) is 5.95 Å². The minimum atomic E-state index is 0.196. The third-order valence-electron chi connectivity index (χ3n) is 3.65. The molecule has 19 heavy (non-hydrogen) atoms. The fraction of sp³-hybridized carbons (Fsp3) is 0.385. The van der Waals surface area contributed by atoms with Crippen LogP contribution in [0.15, 0.2) is 22.7 Å². The Morgan fingerprint density at radius 2 is 2.26 bits per heavy atom. The third-order valence-corrected chi connectivity index (χ3v) is 4.14. The van der Waals surface area contributed by atoms with E-state index in [0.717, 1.165) is 21.9 Å². The molecule has 0 spiro atoms. The molecule has 1 amide bonds. The lowest BCUT2D eigenvalue weighted by Crippen LogP contribution is -2.38. The Hall–Kier alpha value is -1.56. The molecule has 2 N–H and O–H groups in total. The Morgan fingerprint density at radius 3 is 3.00 bits per heavy atom. The molecule has 0 aliphatic carbocycles. The fourth-order valence-electron chi connectivity index (χ4n) is 2.68. The normalized spacial score (nSPS) is 20.2. The number of fused-ring (bicyclic) bond motifs is 1. The van der Waals surface area contributed by atoms with Crippen LogP contribution in [0.3, 0.4) is 0 Å². The van der Waals surface area contributed by atoms with E-state index < -0.39 is 0 Å². The number of nitrogens with two attached hydrogens (primary N) is 1. The summed E-state index contributed by atoms with van der Waals surface area (Å²) in [6.45, 7) is 0.685. The summed E-state index contributed by atoms with van der Waals surface area (Å²) in [6, 6.07) is 6.16. The van der Waals surface area contributed by atoms with Crippen LogP contribution in [0.25, 0.3) is 11.0 Å². The van der Waals surface area contributed by atoms with Crippen molar-refractivity contribution in [1.82, 2.24) is 14.5 Å². The monoisotopic (exact) mass is 322 g/mol. The molecular weight excluding hydrogens is 308 g/mol. The second-order valence-corrected chi connectivity index (χ2v) is 5.86. The Labute approximate surface area is 119 Å². The maximum absolute atomic E-state index is 11.6. The molecule has 1 aliphatic rings. The van der Waals surface area contributed by atoms with E-state index in [-0.39, 0.29) is 11.9 Å². The van der Waals surface area contributed by atoms with Crippen LogP contribution in [0.5, 0.6) is 0 Å². The first-order chi connectivity index (χ1) is 9.06. The smallest absolute Gasteiger partial charge is 0.222 e. The molecule has 1 fully saturated rings. The van der Waals surface area contributed by atoms with E-state index in [0.29, 0.717) is 18.9 Å². The van der Waals surface area contributed by atoms with Gasteiger partial charge in [-0.05, 0) is 24.6 Å². The lowest BCUT2D eigenvalue weighted by molar-refractivity contribution is -0.132. The van der Waals surface area contributed by atoms with E-state index in [4.69, 9.17) is 5.73 Å². The second-order valence-electron chi connectivity index (χ2n) is 4.94. The quantitative estimate of drug-likeness (QED) is 0.875. The molecule has 0 bridgehead atoms. The van der Waals surface area contributed by atoms with Crippen LogP contribution in [0, 0.1) is 0 Å². The van der Waals surface area contributed by atoms with Gasteiger partial charge in [0, 0.05) is 24.5 Å². The maximum atomic E-state index is 11.6. The number of piperidine rings is 1. The van der Waals surface area contributed by atoms with Gasteiger partial charge in [-0.1, -0.05) is 15.9 Å². The van der Waals surface area contributed by atoms with Gasteiger partial charge in [-0.15, -0.1) is 0 Å². The van der Waals surface area contributed by atoms with Gasteiger partial charge in [-0.3, -0.25) is 4.79 Å². The zero-order valence-corrected chi connectivity index (χ0v) is 12.2. The topological polar surface area (TPSA) is 64.2 Å². The van der Waals surface area contributed by atoms with E-state index >= 15 is 0 Å². The maximum Gasteiger partial charge on any atom is 0.222 e. The zero-order chi connectivity index (χ0) is 13.6. The minimum absolute atomic E-state index is 0.196. The van der Waals surface area contributed by atoms with Gasteiger partial charge in [0.2, 0.25) is 11.9 Å². The number of aromatic nitrogens is 2. The number of nitrogen functional groups attached to an aromatic ring is 1. The first-order valence-electron chi connectivity index (χ1n) is 6.23. The highest BCUT2D eigenvalue weighted by Gasteiger charge is 2.26. The van der Waals surface area contributed by atoms with Crippen molar-refractivity contribution in [3.8, 4) is 0 Å². The van der Waals surface area contributed by atoms with Gasteiger partial charge in [0.25, 0.3) is 0 Å². The first-order valence-corrected chi connectivity index (χ1v) is 7.02. The molecule has 0 saturated carbocycles. The number of hydrogen-bond donors (Lipinski definition) is 1. The van der Waals surface area contributed by atoms with Crippen LogP contribution in [0.2, 0.25) is 0 Å². The highest BCUT2D eigenvalue weighted by molar-refractivity contribution is 9.10. The number of imidazole rings is 1. The van der Waals surface area contributed by atoms with Crippen molar-refractivity contribution in [2.24, 2.45) is 0 Å². The van der Waals surface area contributed by atoms with Crippen molar-refractivity contribution in [2.45, 2.75) is 18.9 Å². The van der Waals surface area contributed by atoms with Gasteiger partial charge in [0.1, 0.15) is 0 Å². The molecule has 1 aliphatic heterocycles. The van der Waals surface area contributed by atoms with E-state index in [9.17, 15) is 4.79 Å². The molecule has 100 valence electrons. The van der Waals surface area contributed by atoms with Crippen LogP contribution < -0.4 is 5.73 Å². The molecule has 1 unspecified atom stereocenters. The molecule has 2 heterocycles. The molecule has 6 heteroatoms. The van der Waals surface area contributed by atoms with Gasteiger partial charge in [-0.2, -0.15) is 0 Å². The summed E-state index contributed by atoms with van der Waals surface area (Å²) >= 11 is 3.44. The third kappa shape index (κ3) is 2.10. The number of likely N-dealkylation sites (N-methyl/N-ethyl adjacent to an activating group) is 1. The van der Waals surface area contributed by atoms with E-state index in [2.05, 4.69) is 20.9 Å². The first kappa shape index (κ1) is 12.5. The van der Waals surface area contributed by atoms with Crippen LogP contribution in [-0.2, 0) is 4.79 Å². The molecule has 1 aromatic heterocycles. The number of carbonyl (C=O) groups is 1. The predicted molar refractivity (Wildman–Crippen MR) is 77.8 cm³/mol.